The van der Waals surface area contributed by atoms with Gasteiger partial charge in [-0.1, -0.05) is 220 Å². The van der Waals surface area contributed by atoms with E-state index in [-0.39, 0.29) is 0 Å². The molecule has 12 rings (SSSR count). The molecule has 74 heavy (non-hydrogen) atoms. The minimum atomic E-state index is 0.324. The van der Waals surface area contributed by atoms with Gasteiger partial charge in [-0.25, -0.2) is 15.0 Å². The number of aromatic nitrogens is 5. The molecule has 11 aromatic rings. The first-order valence-electron chi connectivity index (χ1n) is 25.1. The van der Waals surface area contributed by atoms with Crippen molar-refractivity contribution in [1.82, 2.24) is 24.1 Å². The first-order chi connectivity index (χ1) is 36.6. The molecular weight excluding hydrogens is 899 g/mol. The van der Waals surface area contributed by atoms with Crippen molar-refractivity contribution in [2.24, 2.45) is 0 Å². The molecule has 0 spiro atoms. The van der Waals surface area contributed by atoms with Crippen LogP contribution in [0, 0.1) is 0 Å². The molecule has 0 radical (unpaired) electrons. The first-order valence-corrected chi connectivity index (χ1v) is 25.1. The van der Waals surface area contributed by atoms with E-state index < -0.39 is 0 Å². The van der Waals surface area contributed by atoms with E-state index in [1.54, 1.807) is 0 Å². The summed E-state index contributed by atoms with van der Waals surface area (Å²) in [5, 5.41) is 4.75. The largest absolute Gasteiger partial charge is 0.309 e. The van der Waals surface area contributed by atoms with Gasteiger partial charge in [-0.05, 0) is 88.9 Å². The molecule has 0 amide bonds. The van der Waals surface area contributed by atoms with E-state index in [0.29, 0.717) is 23.4 Å². The van der Waals surface area contributed by atoms with Gasteiger partial charge in [-0.15, -0.1) is 0 Å². The van der Waals surface area contributed by atoms with Crippen LogP contribution in [0.15, 0.2) is 269 Å². The quantitative estimate of drug-likeness (QED) is 0.108. The Hall–Kier alpha value is -9.71. The maximum absolute atomic E-state index is 5.31. The predicted octanol–water partition coefficient (Wildman–Crippen LogP) is 17.7. The van der Waals surface area contributed by atoms with Crippen LogP contribution in [0.25, 0.3) is 106 Å². The lowest BCUT2D eigenvalue weighted by molar-refractivity contribution is 0.854. The van der Waals surface area contributed by atoms with Crippen molar-refractivity contribution < 1.29 is 0 Å². The van der Waals surface area contributed by atoms with Gasteiger partial charge in [0.05, 0.1) is 27.8 Å². The van der Waals surface area contributed by atoms with Crippen LogP contribution in [-0.4, -0.2) is 24.1 Å². The molecule has 3 heterocycles. The lowest BCUT2D eigenvalue weighted by atomic mass is 9.92. The van der Waals surface area contributed by atoms with Gasteiger partial charge >= 0.3 is 0 Å². The van der Waals surface area contributed by atoms with Crippen LogP contribution < -0.4 is 0 Å². The lowest BCUT2D eigenvalue weighted by Crippen LogP contribution is -2.05. The summed E-state index contributed by atoms with van der Waals surface area (Å²) in [7, 11) is 0. The maximum atomic E-state index is 5.31. The van der Waals surface area contributed by atoms with Crippen LogP contribution in [0.2, 0.25) is 0 Å². The fraction of sp³-hybridized carbons (Fsp3) is 0.0290. The minimum absolute atomic E-state index is 0.324. The molecule has 1 unspecified atom stereocenters. The number of allylic oxidation sites excluding steroid dienone is 12. The molecule has 0 fully saturated rings. The van der Waals surface area contributed by atoms with E-state index in [1.807, 2.05) is 60.7 Å². The van der Waals surface area contributed by atoms with Crippen molar-refractivity contribution in [3.05, 3.63) is 291 Å². The third-order valence-corrected chi connectivity index (χ3v) is 14.1. The molecule has 1 aliphatic rings. The van der Waals surface area contributed by atoms with E-state index in [9.17, 15) is 0 Å². The predicted molar refractivity (Wildman–Crippen MR) is 312 cm³/mol. The fourth-order valence-electron chi connectivity index (χ4n) is 10.6. The van der Waals surface area contributed by atoms with Crippen LogP contribution in [0.3, 0.4) is 0 Å². The summed E-state index contributed by atoms with van der Waals surface area (Å²) in [5.74, 6) is 1.97. The number of nitrogens with zero attached hydrogens (tertiary/aromatic N) is 5. The van der Waals surface area contributed by atoms with Crippen LogP contribution >= 0.6 is 0 Å². The molecule has 0 saturated carbocycles. The maximum Gasteiger partial charge on any atom is 0.164 e. The smallest absolute Gasteiger partial charge is 0.164 e. The van der Waals surface area contributed by atoms with Crippen molar-refractivity contribution in [2.75, 3.05) is 0 Å². The van der Waals surface area contributed by atoms with Gasteiger partial charge in [0, 0.05) is 55.4 Å². The van der Waals surface area contributed by atoms with Crippen molar-refractivity contribution in [1.29, 1.82) is 0 Å². The van der Waals surface area contributed by atoms with Gasteiger partial charge in [0.25, 0.3) is 0 Å². The number of para-hydroxylation sites is 3. The van der Waals surface area contributed by atoms with E-state index in [0.717, 1.165) is 84.1 Å². The van der Waals surface area contributed by atoms with Crippen LogP contribution in [0.1, 0.15) is 34.9 Å². The highest BCUT2D eigenvalue weighted by molar-refractivity contribution is 6.13. The molecule has 0 aliphatic heterocycles. The highest BCUT2D eigenvalue weighted by atomic mass is 15.0. The Balaban J connectivity index is 1.09. The second-order valence-electron chi connectivity index (χ2n) is 18.4. The van der Waals surface area contributed by atoms with Gasteiger partial charge in [-0.2, -0.15) is 0 Å². The van der Waals surface area contributed by atoms with E-state index >= 15 is 0 Å². The number of hydrogen-bond donors (Lipinski definition) is 0. The summed E-state index contributed by atoms with van der Waals surface area (Å²) < 4.78 is 4.81. The molecule has 0 bridgehead atoms. The van der Waals surface area contributed by atoms with E-state index in [1.165, 1.54) is 27.4 Å². The van der Waals surface area contributed by atoms with Gasteiger partial charge in [-0.3, -0.25) is 0 Å². The van der Waals surface area contributed by atoms with E-state index in [2.05, 4.69) is 223 Å². The van der Waals surface area contributed by atoms with Crippen LogP contribution in [-0.2, 0) is 0 Å². The molecule has 1 atom stereocenters. The number of fused-ring (bicyclic) bond motifs is 6. The fourth-order valence-corrected chi connectivity index (χ4v) is 10.6. The standard InChI is InChI=1S/C69H51N5/c1-4-23-48(6-3)59-44-54(69-71-66(37-22-30-47(5-2)49-24-10-7-11-25-49)70-68(72-69)53-40-38-51(39-41-53)50-26-12-8-13-27-50)45-60(52-28-14-9-15-29-52)67(59)74-64-36-21-18-33-58(64)61-46-55(42-43-65(61)74)73-62-34-19-16-31-56(62)57-32-17-20-35-63(57)73/h4-26,28-46,50H,1-3,27H2/b37-22+,47-30+,48-23+. The van der Waals surface area contributed by atoms with Crippen molar-refractivity contribution in [3.8, 4) is 45.3 Å². The molecule has 8 aromatic carbocycles. The molecule has 3 aromatic heterocycles. The summed E-state index contributed by atoms with van der Waals surface area (Å²) in [6.07, 6.45) is 23.3. The lowest BCUT2D eigenvalue weighted by Gasteiger charge is -2.21. The summed E-state index contributed by atoms with van der Waals surface area (Å²) >= 11 is 0. The van der Waals surface area contributed by atoms with Gasteiger partial charge in [0.2, 0.25) is 0 Å². The Kier molecular flexibility index (Phi) is 12.2. The summed E-state index contributed by atoms with van der Waals surface area (Å²) in [5.41, 5.74) is 15.5. The Bertz CT molecular complexity index is 4090. The molecule has 5 heteroatoms. The monoisotopic (exact) mass is 949 g/mol. The SMILES string of the molecule is C=C/C=C(\C=C)c1cc(-c2nc(/C=C/C=C(\C=C)c3ccccc3)nc(-c3ccc(C4C=CC=CC4)cc3)n2)cc(-c2ccccc2)c1-n1c2ccccc2c2cc(-n3c4ccccc4c4ccccc43)ccc21. The van der Waals surface area contributed by atoms with Crippen LogP contribution in [0.5, 0.6) is 0 Å². The number of hydrogen-bond acceptors (Lipinski definition) is 3. The molecule has 5 nitrogen and oxygen atoms in total. The van der Waals surface area contributed by atoms with Crippen molar-refractivity contribution in [2.45, 2.75) is 12.3 Å². The second kappa shape index (κ2) is 19.8. The summed E-state index contributed by atoms with van der Waals surface area (Å²) in [6.45, 7) is 12.7. The normalized spacial score (nSPS) is 13.9. The zero-order chi connectivity index (χ0) is 50.0. The van der Waals surface area contributed by atoms with Gasteiger partial charge < -0.3 is 9.13 Å². The average Bonchev–Trinajstić information content (AvgIpc) is 3.98. The first kappa shape index (κ1) is 45.4. The van der Waals surface area contributed by atoms with Crippen molar-refractivity contribution >= 4 is 60.8 Å². The average molecular weight is 950 g/mol. The Morgan fingerprint density at radius 2 is 1.11 bits per heavy atom. The zero-order valence-electron chi connectivity index (χ0n) is 40.9. The number of rotatable bonds is 13. The molecule has 352 valence electrons. The van der Waals surface area contributed by atoms with Gasteiger partial charge in [0.1, 0.15) is 0 Å². The van der Waals surface area contributed by atoms with Crippen LogP contribution in [0.4, 0.5) is 0 Å². The molecule has 0 saturated heterocycles. The highest BCUT2D eigenvalue weighted by Crippen LogP contribution is 2.44. The Morgan fingerprint density at radius 1 is 0.500 bits per heavy atom. The third-order valence-electron chi connectivity index (χ3n) is 14.1. The highest BCUT2D eigenvalue weighted by Gasteiger charge is 2.24. The van der Waals surface area contributed by atoms with Gasteiger partial charge in [0.15, 0.2) is 17.5 Å². The zero-order valence-corrected chi connectivity index (χ0v) is 40.9. The topological polar surface area (TPSA) is 48.5 Å². The molecule has 0 N–H and O–H groups in total. The number of benzene rings is 8. The molecular formula is C69H51N5. The Morgan fingerprint density at radius 3 is 1.76 bits per heavy atom. The minimum Gasteiger partial charge on any atom is -0.309 e. The Labute approximate surface area is 431 Å². The molecule has 1 aliphatic carbocycles. The third kappa shape index (κ3) is 8.36. The van der Waals surface area contributed by atoms with E-state index in [4.69, 9.17) is 15.0 Å². The summed E-state index contributed by atoms with van der Waals surface area (Å²) in [4.78, 5) is 15.6. The summed E-state index contributed by atoms with van der Waals surface area (Å²) in [6, 6.07) is 66.8. The van der Waals surface area contributed by atoms with Crippen molar-refractivity contribution in [3.63, 3.8) is 0 Å². The second-order valence-corrected chi connectivity index (χ2v) is 18.4.